The number of hydrogen-bond acceptors (Lipinski definition) is 2. The first-order valence-electron chi connectivity index (χ1n) is 5.96. The van der Waals surface area contributed by atoms with E-state index in [-0.39, 0.29) is 6.04 Å². The molecule has 2 rings (SSSR count). The van der Waals surface area contributed by atoms with Crippen LogP contribution < -0.4 is 10.5 Å². The summed E-state index contributed by atoms with van der Waals surface area (Å²) in [5, 5.41) is 0.591. The Morgan fingerprint density at radius 1 is 1.16 bits per heavy atom. The van der Waals surface area contributed by atoms with Gasteiger partial charge in [0.15, 0.2) is 0 Å². The Morgan fingerprint density at radius 2 is 1.89 bits per heavy atom. The molecule has 0 heterocycles. The zero-order valence-corrected chi connectivity index (χ0v) is 13.1. The molecule has 2 N–H and O–H groups in total. The minimum absolute atomic E-state index is 0.00657. The summed E-state index contributed by atoms with van der Waals surface area (Å²) in [7, 11) is 0. The lowest BCUT2D eigenvalue weighted by atomic mass is 10.1. The molecule has 100 valence electrons. The van der Waals surface area contributed by atoms with Crippen molar-refractivity contribution in [3.63, 3.8) is 0 Å². The second-order valence-corrected chi connectivity index (χ2v) is 5.78. The summed E-state index contributed by atoms with van der Waals surface area (Å²) < 4.78 is 6.70. The first-order valence-corrected chi connectivity index (χ1v) is 7.13. The van der Waals surface area contributed by atoms with Crippen molar-refractivity contribution in [2.45, 2.75) is 19.9 Å². The molecular weight excluding hydrogens is 326 g/mol. The second-order valence-electron chi connectivity index (χ2n) is 4.51. The minimum atomic E-state index is -0.00657. The summed E-state index contributed by atoms with van der Waals surface area (Å²) in [4.78, 5) is 0. The maximum Gasteiger partial charge on any atom is 0.146 e. The number of ether oxygens (including phenoxy) is 1. The normalized spacial score (nSPS) is 12.3. The van der Waals surface area contributed by atoms with E-state index >= 15 is 0 Å². The lowest BCUT2D eigenvalue weighted by Gasteiger charge is -2.12. The monoisotopic (exact) mass is 339 g/mol. The molecule has 0 saturated carbocycles. The molecule has 0 aliphatic carbocycles. The van der Waals surface area contributed by atoms with Gasteiger partial charge in [0.25, 0.3) is 0 Å². The number of benzene rings is 2. The molecule has 2 aromatic rings. The number of hydrogen-bond donors (Lipinski definition) is 1. The summed E-state index contributed by atoms with van der Waals surface area (Å²) in [5.41, 5.74) is 8.00. The van der Waals surface area contributed by atoms with Gasteiger partial charge >= 0.3 is 0 Å². The van der Waals surface area contributed by atoms with E-state index in [1.54, 1.807) is 0 Å². The summed E-state index contributed by atoms with van der Waals surface area (Å²) in [6.45, 7) is 3.94. The maximum absolute atomic E-state index is 6.12. The van der Waals surface area contributed by atoms with Crippen LogP contribution >= 0.6 is 27.5 Å². The van der Waals surface area contributed by atoms with Crippen LogP contribution in [-0.2, 0) is 0 Å². The molecule has 19 heavy (non-hydrogen) atoms. The predicted molar refractivity (Wildman–Crippen MR) is 83.0 cm³/mol. The van der Waals surface area contributed by atoms with E-state index in [0.29, 0.717) is 10.8 Å². The van der Waals surface area contributed by atoms with Crippen molar-refractivity contribution in [3.8, 4) is 11.5 Å². The Hall–Kier alpha value is -1.03. The summed E-state index contributed by atoms with van der Waals surface area (Å²) >= 11 is 9.61. The Labute approximate surface area is 126 Å². The molecule has 2 nitrogen and oxygen atoms in total. The van der Waals surface area contributed by atoms with Crippen LogP contribution in [0.1, 0.15) is 24.1 Å². The fourth-order valence-corrected chi connectivity index (χ4v) is 2.32. The van der Waals surface area contributed by atoms with E-state index in [2.05, 4.69) is 15.9 Å². The van der Waals surface area contributed by atoms with Crippen molar-refractivity contribution in [1.29, 1.82) is 0 Å². The van der Waals surface area contributed by atoms with Crippen molar-refractivity contribution >= 4 is 27.5 Å². The zero-order valence-electron chi connectivity index (χ0n) is 10.8. The Balaban J connectivity index is 2.31. The molecule has 4 heteroatoms. The molecule has 0 saturated heterocycles. The molecular formula is C15H15BrClNO. The van der Waals surface area contributed by atoms with E-state index in [9.17, 15) is 0 Å². The molecule has 0 aliphatic rings. The van der Waals surface area contributed by atoms with Crippen LogP contribution in [0.5, 0.6) is 11.5 Å². The molecule has 0 amide bonds. The first-order chi connectivity index (χ1) is 8.97. The van der Waals surface area contributed by atoms with Gasteiger partial charge in [0.2, 0.25) is 0 Å². The fraction of sp³-hybridized carbons (Fsp3) is 0.200. The van der Waals surface area contributed by atoms with Crippen LogP contribution in [0.2, 0.25) is 5.02 Å². The topological polar surface area (TPSA) is 35.2 Å². The van der Waals surface area contributed by atoms with Crippen LogP contribution in [0, 0.1) is 6.92 Å². The molecule has 0 spiro atoms. The van der Waals surface area contributed by atoms with Gasteiger partial charge in [0.1, 0.15) is 11.5 Å². The lowest BCUT2D eigenvalue weighted by Crippen LogP contribution is -2.04. The number of rotatable bonds is 3. The average Bonchev–Trinajstić information content (AvgIpc) is 2.36. The molecule has 0 unspecified atom stereocenters. The molecule has 0 radical (unpaired) electrons. The van der Waals surface area contributed by atoms with Gasteiger partial charge in [-0.2, -0.15) is 0 Å². The quantitative estimate of drug-likeness (QED) is 0.831. The lowest BCUT2D eigenvalue weighted by molar-refractivity contribution is 0.479. The second kappa shape index (κ2) is 5.95. The number of halogens is 2. The fourth-order valence-electron chi connectivity index (χ4n) is 1.69. The zero-order chi connectivity index (χ0) is 14.0. The average molecular weight is 341 g/mol. The Bertz CT molecular complexity index is 599. The standard InChI is InChI=1S/C15H15BrClNO/c1-9-3-5-13(17)15(7-9)19-14-6-4-11(10(2)18)8-12(14)16/h3-8,10H,18H2,1-2H3/t10-/m0/s1. The van der Waals surface area contributed by atoms with Gasteiger partial charge in [-0.05, 0) is 65.2 Å². The maximum atomic E-state index is 6.12. The highest BCUT2D eigenvalue weighted by Gasteiger charge is 2.09. The van der Waals surface area contributed by atoms with Crippen LogP contribution in [0.25, 0.3) is 0 Å². The van der Waals surface area contributed by atoms with E-state index in [4.69, 9.17) is 22.1 Å². The van der Waals surface area contributed by atoms with Gasteiger partial charge in [-0.1, -0.05) is 23.7 Å². The molecule has 0 fully saturated rings. The van der Waals surface area contributed by atoms with Crippen molar-refractivity contribution in [3.05, 3.63) is 57.0 Å². The van der Waals surface area contributed by atoms with Crippen molar-refractivity contribution in [2.24, 2.45) is 5.73 Å². The molecule has 2 aromatic carbocycles. The summed E-state index contributed by atoms with van der Waals surface area (Å²) in [6, 6.07) is 11.5. The van der Waals surface area contributed by atoms with Crippen molar-refractivity contribution < 1.29 is 4.74 Å². The minimum Gasteiger partial charge on any atom is -0.455 e. The van der Waals surface area contributed by atoms with Gasteiger partial charge in [-0.3, -0.25) is 0 Å². The summed E-state index contributed by atoms with van der Waals surface area (Å²) in [6.07, 6.45) is 0. The van der Waals surface area contributed by atoms with Crippen LogP contribution in [0.15, 0.2) is 40.9 Å². The first kappa shape index (κ1) is 14.4. The highest BCUT2D eigenvalue weighted by Crippen LogP contribution is 2.35. The van der Waals surface area contributed by atoms with E-state index in [1.165, 1.54) is 0 Å². The smallest absolute Gasteiger partial charge is 0.146 e. The number of aryl methyl sites for hydroxylation is 1. The van der Waals surface area contributed by atoms with Gasteiger partial charge in [0.05, 0.1) is 9.50 Å². The van der Waals surface area contributed by atoms with Gasteiger partial charge in [-0.25, -0.2) is 0 Å². The van der Waals surface area contributed by atoms with Crippen molar-refractivity contribution in [2.75, 3.05) is 0 Å². The number of nitrogens with two attached hydrogens (primary N) is 1. The van der Waals surface area contributed by atoms with Crippen LogP contribution in [0.4, 0.5) is 0 Å². The SMILES string of the molecule is Cc1ccc(Cl)c(Oc2ccc([C@H](C)N)cc2Br)c1. The Morgan fingerprint density at radius 3 is 2.53 bits per heavy atom. The molecule has 0 aliphatic heterocycles. The largest absolute Gasteiger partial charge is 0.455 e. The van der Waals surface area contributed by atoms with Crippen molar-refractivity contribution in [1.82, 2.24) is 0 Å². The highest BCUT2D eigenvalue weighted by atomic mass is 79.9. The molecule has 1 atom stereocenters. The van der Waals surface area contributed by atoms with Gasteiger partial charge in [-0.15, -0.1) is 0 Å². The molecule has 0 bridgehead atoms. The van der Waals surface area contributed by atoms with Crippen LogP contribution in [0.3, 0.4) is 0 Å². The highest BCUT2D eigenvalue weighted by molar-refractivity contribution is 9.10. The van der Waals surface area contributed by atoms with Gasteiger partial charge < -0.3 is 10.5 Å². The van der Waals surface area contributed by atoms with E-state index in [1.807, 2.05) is 50.2 Å². The molecule has 0 aromatic heterocycles. The van der Waals surface area contributed by atoms with E-state index < -0.39 is 0 Å². The van der Waals surface area contributed by atoms with E-state index in [0.717, 1.165) is 21.3 Å². The predicted octanol–water partition coefficient (Wildman–Crippen LogP) is 5.22. The van der Waals surface area contributed by atoms with Gasteiger partial charge in [0, 0.05) is 6.04 Å². The summed E-state index contributed by atoms with van der Waals surface area (Å²) in [5.74, 6) is 1.37. The van der Waals surface area contributed by atoms with Crippen LogP contribution in [-0.4, -0.2) is 0 Å². The third-order valence-electron chi connectivity index (χ3n) is 2.79. The third-order valence-corrected chi connectivity index (χ3v) is 3.72. The third kappa shape index (κ3) is 3.50. The Kier molecular flexibility index (Phi) is 4.50.